The molecule has 0 aliphatic heterocycles. The van der Waals surface area contributed by atoms with Crippen molar-refractivity contribution in [1.29, 1.82) is 0 Å². The molecule has 1 N–H and O–H groups in total. The predicted octanol–water partition coefficient (Wildman–Crippen LogP) is 4.22. The number of nitrogens with one attached hydrogen (secondary N) is 1. The maximum Gasteiger partial charge on any atom is 0.234 e. The lowest BCUT2D eigenvalue weighted by Crippen LogP contribution is -2.25. The van der Waals surface area contributed by atoms with Crippen molar-refractivity contribution in [3.63, 3.8) is 0 Å². The van der Waals surface area contributed by atoms with Crippen molar-refractivity contribution in [2.75, 3.05) is 0 Å². The normalized spacial score (nSPS) is 16.0. The lowest BCUT2D eigenvalue weighted by Gasteiger charge is -2.19. The quantitative estimate of drug-likeness (QED) is 0.885. The molecule has 1 atom stereocenters. The van der Waals surface area contributed by atoms with E-state index in [0.717, 1.165) is 24.0 Å². The molecule has 0 radical (unpaired) electrons. The van der Waals surface area contributed by atoms with Crippen LogP contribution in [0.3, 0.4) is 0 Å². The smallest absolute Gasteiger partial charge is 0.208 e. The summed E-state index contributed by atoms with van der Waals surface area (Å²) in [5, 5.41) is 1.23. The van der Waals surface area contributed by atoms with Gasteiger partial charge in [-0.3, -0.25) is 0 Å². The Labute approximate surface area is 144 Å². The average Bonchev–Trinajstić information content (AvgIpc) is 2.60. The molecule has 4 heteroatoms. The molecule has 3 rings (SSSR count). The lowest BCUT2D eigenvalue weighted by atomic mass is 9.89. The van der Waals surface area contributed by atoms with Crippen LogP contribution in [0.25, 0.3) is 6.08 Å². The van der Waals surface area contributed by atoms with Crippen molar-refractivity contribution in [3.8, 4) is 0 Å². The molecule has 1 aliphatic rings. The third-order valence-corrected chi connectivity index (χ3v) is 5.63. The Balaban J connectivity index is 1.71. The molecule has 0 aromatic heterocycles. The highest BCUT2D eigenvalue weighted by atomic mass is 32.2. The second-order valence-electron chi connectivity index (χ2n) is 6.33. The van der Waals surface area contributed by atoms with E-state index in [0.29, 0.717) is 0 Å². The van der Waals surface area contributed by atoms with Crippen LogP contribution in [-0.2, 0) is 22.9 Å². The summed E-state index contributed by atoms with van der Waals surface area (Å²) in [7, 11) is -3.48. The van der Waals surface area contributed by atoms with E-state index in [1.807, 2.05) is 43.3 Å². The highest BCUT2D eigenvalue weighted by Gasteiger charge is 2.16. The third kappa shape index (κ3) is 4.34. The van der Waals surface area contributed by atoms with E-state index in [1.165, 1.54) is 29.4 Å². The van der Waals surface area contributed by atoms with E-state index < -0.39 is 10.0 Å². The maximum absolute atomic E-state index is 12.3. The summed E-state index contributed by atoms with van der Waals surface area (Å²) >= 11 is 0. The van der Waals surface area contributed by atoms with Gasteiger partial charge in [-0.1, -0.05) is 48.5 Å². The minimum atomic E-state index is -3.48. The topological polar surface area (TPSA) is 46.2 Å². The minimum Gasteiger partial charge on any atom is -0.208 e. The number of aryl methyl sites for hydroxylation is 2. The zero-order valence-corrected chi connectivity index (χ0v) is 14.7. The first-order valence-corrected chi connectivity index (χ1v) is 9.95. The molecular weight excluding hydrogens is 318 g/mol. The number of benzene rings is 2. The molecular formula is C20H23NO2S. The SMILES string of the molecule is C[C@H](NS(=O)(=O)/C=C/c1ccccc1)c1ccc2c(c1)CCCC2. The zero-order valence-electron chi connectivity index (χ0n) is 13.9. The van der Waals surface area contributed by atoms with Crippen LogP contribution in [0.5, 0.6) is 0 Å². The molecule has 2 aromatic carbocycles. The van der Waals surface area contributed by atoms with Crippen molar-refractivity contribution in [2.45, 2.75) is 38.6 Å². The summed E-state index contributed by atoms with van der Waals surface area (Å²) in [6.07, 6.45) is 6.31. The molecule has 1 aliphatic carbocycles. The molecule has 126 valence electrons. The van der Waals surface area contributed by atoms with Gasteiger partial charge < -0.3 is 0 Å². The molecule has 0 bridgehead atoms. The molecule has 0 spiro atoms. The molecule has 2 aromatic rings. The Morgan fingerprint density at radius 1 is 1.00 bits per heavy atom. The van der Waals surface area contributed by atoms with E-state index in [1.54, 1.807) is 6.08 Å². The van der Waals surface area contributed by atoms with Gasteiger partial charge in [0.15, 0.2) is 0 Å². The van der Waals surface area contributed by atoms with E-state index >= 15 is 0 Å². The summed E-state index contributed by atoms with van der Waals surface area (Å²) in [6, 6.07) is 15.5. The summed E-state index contributed by atoms with van der Waals surface area (Å²) in [5.74, 6) is 0. The van der Waals surface area contributed by atoms with Crippen LogP contribution in [0.1, 0.15) is 48.1 Å². The molecule has 3 nitrogen and oxygen atoms in total. The Morgan fingerprint density at radius 3 is 2.46 bits per heavy atom. The second-order valence-corrected chi connectivity index (χ2v) is 7.93. The first kappa shape index (κ1) is 16.9. The highest BCUT2D eigenvalue weighted by Crippen LogP contribution is 2.25. The van der Waals surface area contributed by atoms with E-state index in [-0.39, 0.29) is 6.04 Å². The van der Waals surface area contributed by atoms with Gasteiger partial charge in [0, 0.05) is 11.4 Å². The van der Waals surface area contributed by atoms with Gasteiger partial charge in [-0.25, -0.2) is 13.1 Å². The summed E-state index contributed by atoms with van der Waals surface area (Å²) in [6.45, 7) is 1.89. The number of fused-ring (bicyclic) bond motifs is 1. The molecule has 0 saturated carbocycles. The van der Waals surface area contributed by atoms with Crippen LogP contribution in [0, 0.1) is 0 Å². The van der Waals surface area contributed by atoms with Gasteiger partial charge in [-0.2, -0.15) is 0 Å². The largest absolute Gasteiger partial charge is 0.234 e. The Morgan fingerprint density at radius 2 is 1.71 bits per heavy atom. The molecule has 0 heterocycles. The molecule has 0 unspecified atom stereocenters. The van der Waals surface area contributed by atoms with E-state index in [4.69, 9.17) is 0 Å². The van der Waals surface area contributed by atoms with Crippen LogP contribution in [0.2, 0.25) is 0 Å². The fourth-order valence-electron chi connectivity index (χ4n) is 3.11. The van der Waals surface area contributed by atoms with Crippen molar-refractivity contribution >= 4 is 16.1 Å². The van der Waals surface area contributed by atoms with Gasteiger partial charge >= 0.3 is 0 Å². The van der Waals surface area contributed by atoms with Crippen molar-refractivity contribution in [2.24, 2.45) is 0 Å². The Bertz CT molecular complexity index is 826. The van der Waals surface area contributed by atoms with E-state index in [2.05, 4.69) is 16.9 Å². The molecule has 0 fully saturated rings. The van der Waals surface area contributed by atoms with Crippen molar-refractivity contribution in [1.82, 2.24) is 4.72 Å². The van der Waals surface area contributed by atoms with Gasteiger partial charge in [0.1, 0.15) is 0 Å². The fourth-order valence-corrected chi connectivity index (χ4v) is 4.15. The van der Waals surface area contributed by atoms with E-state index in [9.17, 15) is 8.42 Å². The second kappa shape index (κ2) is 7.32. The van der Waals surface area contributed by atoms with Crippen LogP contribution >= 0.6 is 0 Å². The number of hydrogen-bond acceptors (Lipinski definition) is 2. The zero-order chi connectivity index (χ0) is 17.0. The van der Waals surface area contributed by atoms with Gasteiger partial charge in [0.05, 0.1) is 0 Å². The minimum absolute atomic E-state index is 0.248. The van der Waals surface area contributed by atoms with Gasteiger partial charge in [-0.05, 0) is 60.9 Å². The predicted molar refractivity (Wildman–Crippen MR) is 99.0 cm³/mol. The van der Waals surface area contributed by atoms with Gasteiger partial charge in [-0.15, -0.1) is 0 Å². The highest BCUT2D eigenvalue weighted by molar-refractivity contribution is 7.92. The Hall–Kier alpha value is -1.91. The number of rotatable bonds is 5. The summed E-state index contributed by atoms with van der Waals surface area (Å²) in [4.78, 5) is 0. The number of sulfonamides is 1. The molecule has 0 saturated heterocycles. The molecule has 0 amide bonds. The molecule has 24 heavy (non-hydrogen) atoms. The van der Waals surface area contributed by atoms with Crippen LogP contribution in [0.4, 0.5) is 0 Å². The average molecular weight is 341 g/mol. The van der Waals surface area contributed by atoms with Gasteiger partial charge in [0.2, 0.25) is 10.0 Å². The van der Waals surface area contributed by atoms with Crippen LogP contribution in [0.15, 0.2) is 53.9 Å². The fraction of sp³-hybridized carbons (Fsp3) is 0.300. The first-order valence-electron chi connectivity index (χ1n) is 8.41. The van der Waals surface area contributed by atoms with Crippen molar-refractivity contribution < 1.29 is 8.42 Å². The van der Waals surface area contributed by atoms with Crippen molar-refractivity contribution in [3.05, 3.63) is 76.2 Å². The lowest BCUT2D eigenvalue weighted by molar-refractivity contribution is 0.576. The van der Waals surface area contributed by atoms with Crippen LogP contribution < -0.4 is 4.72 Å². The third-order valence-electron chi connectivity index (χ3n) is 4.45. The maximum atomic E-state index is 12.3. The monoisotopic (exact) mass is 341 g/mol. The van der Waals surface area contributed by atoms with Crippen LogP contribution in [-0.4, -0.2) is 8.42 Å². The summed E-state index contributed by atoms with van der Waals surface area (Å²) in [5.41, 5.74) is 4.66. The van der Waals surface area contributed by atoms with Gasteiger partial charge in [0.25, 0.3) is 0 Å². The summed E-state index contributed by atoms with van der Waals surface area (Å²) < 4.78 is 27.3. The standard InChI is InChI=1S/C20H23NO2S/c1-16(19-12-11-18-9-5-6-10-20(18)15-19)21-24(22,23)14-13-17-7-3-2-4-8-17/h2-4,7-8,11-16,21H,5-6,9-10H2,1H3/b14-13+/t16-/m0/s1. The number of hydrogen-bond donors (Lipinski definition) is 1. The Kier molecular flexibility index (Phi) is 5.17. The first-order chi connectivity index (χ1) is 11.5.